The van der Waals surface area contributed by atoms with E-state index in [4.69, 9.17) is 20.6 Å². The summed E-state index contributed by atoms with van der Waals surface area (Å²) < 4.78 is 2.21. The number of nitrogens with two attached hydrogens (primary N) is 1. The second-order valence-corrected chi connectivity index (χ2v) is 8.73. The van der Waals surface area contributed by atoms with Gasteiger partial charge in [-0.3, -0.25) is 9.59 Å². The molecule has 2 aromatic carbocycles. The minimum Gasteiger partial charge on any atom is -0.481 e. The van der Waals surface area contributed by atoms with Gasteiger partial charge in [-0.05, 0) is 50.9 Å². The fraction of sp³-hybridized carbons (Fsp3) is 0.296. The van der Waals surface area contributed by atoms with Crippen LogP contribution in [0.4, 0.5) is 0 Å². The second-order valence-electron chi connectivity index (χ2n) is 8.73. The molecule has 36 heavy (non-hydrogen) atoms. The van der Waals surface area contributed by atoms with Gasteiger partial charge in [0.25, 0.3) is 11.5 Å². The zero-order valence-electron chi connectivity index (χ0n) is 20.9. The van der Waals surface area contributed by atoms with Gasteiger partial charge in [0.1, 0.15) is 5.69 Å². The number of nitrogens with one attached hydrogen (secondary N) is 1. The maximum absolute atomic E-state index is 13.1. The van der Waals surface area contributed by atoms with Gasteiger partial charge in [0.05, 0.1) is 39.0 Å². The molecule has 5 aromatic rings. The van der Waals surface area contributed by atoms with Crippen LogP contribution in [0, 0.1) is 13.8 Å². The molecular weight excluding hydrogens is 456 g/mol. The van der Waals surface area contributed by atoms with E-state index in [1.54, 1.807) is 0 Å². The van der Waals surface area contributed by atoms with Crippen molar-refractivity contribution in [2.24, 2.45) is 5.73 Å². The first-order valence-electron chi connectivity index (χ1n) is 11.9. The predicted molar refractivity (Wildman–Crippen MR) is 142 cm³/mol. The number of hydrogen-bond donors (Lipinski definition) is 3. The van der Waals surface area contributed by atoms with Crippen LogP contribution in [-0.4, -0.2) is 42.1 Å². The third kappa shape index (κ3) is 4.83. The third-order valence-electron chi connectivity index (χ3n) is 6.11. The van der Waals surface area contributed by atoms with Crippen molar-refractivity contribution in [3.05, 3.63) is 63.8 Å². The highest BCUT2D eigenvalue weighted by Crippen LogP contribution is 2.31. The summed E-state index contributed by atoms with van der Waals surface area (Å²) in [5.41, 5.74) is 13.8. The molecule has 0 saturated carbocycles. The molecule has 9 heteroatoms. The summed E-state index contributed by atoms with van der Waals surface area (Å²) in [6.45, 7) is 8.52. The van der Waals surface area contributed by atoms with Gasteiger partial charge in [-0.2, -0.15) is 0 Å². The number of para-hydroxylation sites is 1. The Labute approximate surface area is 208 Å². The van der Waals surface area contributed by atoms with Crippen LogP contribution in [0.1, 0.15) is 37.2 Å². The molecule has 0 amide bonds. The molecule has 0 unspecified atom stereocenters. The molecule has 186 valence electrons. The Morgan fingerprint density at radius 3 is 2.39 bits per heavy atom. The van der Waals surface area contributed by atoms with E-state index < -0.39 is 5.97 Å². The van der Waals surface area contributed by atoms with Crippen molar-refractivity contribution in [1.82, 2.24) is 24.5 Å². The fourth-order valence-electron chi connectivity index (χ4n) is 4.35. The minimum absolute atomic E-state index is 0.214. The quantitative estimate of drug-likeness (QED) is 0.318. The molecule has 4 N–H and O–H groups in total. The Morgan fingerprint density at radius 1 is 1.08 bits per heavy atom. The van der Waals surface area contributed by atoms with Crippen molar-refractivity contribution < 1.29 is 9.90 Å². The first-order valence-corrected chi connectivity index (χ1v) is 11.9. The van der Waals surface area contributed by atoms with Crippen molar-refractivity contribution in [3.8, 4) is 11.3 Å². The van der Waals surface area contributed by atoms with Crippen LogP contribution in [0.15, 0.2) is 41.3 Å². The number of rotatable bonds is 5. The second kappa shape index (κ2) is 10.2. The van der Waals surface area contributed by atoms with Crippen LogP contribution in [0.25, 0.3) is 44.2 Å². The molecular formula is C27H30N6O3. The van der Waals surface area contributed by atoms with Crippen molar-refractivity contribution >= 4 is 38.9 Å². The van der Waals surface area contributed by atoms with E-state index >= 15 is 0 Å². The van der Waals surface area contributed by atoms with Crippen LogP contribution in [-0.2, 0) is 17.8 Å². The van der Waals surface area contributed by atoms with Crippen LogP contribution in [0.2, 0.25) is 0 Å². The van der Waals surface area contributed by atoms with Gasteiger partial charge in [0.2, 0.25) is 0 Å². The molecule has 0 aliphatic rings. The molecule has 3 aromatic heterocycles. The highest BCUT2D eigenvalue weighted by molar-refractivity contribution is 5.98. The average Bonchev–Trinajstić information content (AvgIpc) is 3.20. The smallest absolute Gasteiger partial charge is 0.300 e. The molecule has 0 radical (unpaired) electrons. The molecule has 0 saturated heterocycles. The third-order valence-corrected chi connectivity index (χ3v) is 6.11. The Kier molecular flexibility index (Phi) is 7.12. The van der Waals surface area contributed by atoms with E-state index in [0.717, 1.165) is 65.2 Å². The normalized spacial score (nSPS) is 11.1. The summed E-state index contributed by atoms with van der Waals surface area (Å²) in [6, 6.07) is 9.99. The molecule has 9 nitrogen and oxygen atoms in total. The number of benzene rings is 2. The fourth-order valence-corrected chi connectivity index (χ4v) is 4.35. The number of carbonyl (C=O) groups is 1. The standard InChI is InChI=1S/C25H26N6O.C2H4O2/c1-4-16-7-5-8-17-18(13-31(24(16)17)10-6-9-26)23-25(32)30-22-12-20-19(11-21(22)29-23)27-14(2)15(3)28-20;1-2(3)4/h5,7-8,11-13H,4,6,9-10,26H2,1-3H3,(H,30,32);1H3,(H,3,4). The lowest BCUT2D eigenvalue weighted by atomic mass is 10.1. The lowest BCUT2D eigenvalue weighted by Gasteiger charge is -2.07. The lowest BCUT2D eigenvalue weighted by Crippen LogP contribution is -2.11. The number of aryl methyl sites for hydroxylation is 4. The maximum Gasteiger partial charge on any atom is 0.300 e. The van der Waals surface area contributed by atoms with Gasteiger partial charge in [0, 0.05) is 30.6 Å². The number of carboxylic acid groups (broad SMARTS) is 1. The topological polar surface area (TPSA) is 140 Å². The van der Waals surface area contributed by atoms with E-state index in [9.17, 15) is 4.79 Å². The predicted octanol–water partition coefficient (Wildman–Crippen LogP) is 4.11. The molecule has 3 heterocycles. The Bertz CT molecular complexity index is 1650. The van der Waals surface area contributed by atoms with Gasteiger partial charge in [-0.15, -0.1) is 0 Å². The van der Waals surface area contributed by atoms with Crippen molar-refractivity contribution in [2.75, 3.05) is 6.54 Å². The minimum atomic E-state index is -0.833. The SMILES string of the molecule is CC(=O)O.CCc1cccc2c(-c3nc4cc5nc(C)c(C)nc5cc4[nH]c3=O)cn(CCCN)c12. The van der Waals surface area contributed by atoms with Gasteiger partial charge >= 0.3 is 0 Å². The highest BCUT2D eigenvalue weighted by Gasteiger charge is 2.17. The maximum atomic E-state index is 13.1. The monoisotopic (exact) mass is 486 g/mol. The highest BCUT2D eigenvalue weighted by atomic mass is 16.4. The lowest BCUT2D eigenvalue weighted by molar-refractivity contribution is -0.134. The van der Waals surface area contributed by atoms with Gasteiger partial charge in [-0.25, -0.2) is 15.0 Å². The van der Waals surface area contributed by atoms with Gasteiger partial charge in [0.15, 0.2) is 0 Å². The number of fused-ring (bicyclic) bond motifs is 3. The molecule has 0 aliphatic carbocycles. The number of H-pyrrole nitrogens is 1. The molecule has 0 spiro atoms. The number of nitrogens with zero attached hydrogens (tertiary/aromatic N) is 4. The number of aromatic amines is 1. The number of aromatic nitrogens is 5. The van der Waals surface area contributed by atoms with Crippen molar-refractivity contribution in [3.63, 3.8) is 0 Å². The summed E-state index contributed by atoms with van der Waals surface area (Å²) in [4.78, 5) is 39.2. The van der Waals surface area contributed by atoms with Crippen LogP contribution in [0.5, 0.6) is 0 Å². The van der Waals surface area contributed by atoms with E-state index in [0.29, 0.717) is 23.3 Å². The Morgan fingerprint density at radius 2 is 1.75 bits per heavy atom. The molecule has 0 aliphatic heterocycles. The zero-order valence-corrected chi connectivity index (χ0v) is 20.9. The molecule has 5 rings (SSSR count). The van der Waals surface area contributed by atoms with Crippen LogP contribution >= 0.6 is 0 Å². The van der Waals surface area contributed by atoms with Crippen molar-refractivity contribution in [2.45, 2.75) is 47.1 Å². The number of carboxylic acids is 1. The number of hydrogen-bond acceptors (Lipinski definition) is 6. The van der Waals surface area contributed by atoms with E-state index in [1.165, 1.54) is 5.56 Å². The van der Waals surface area contributed by atoms with Crippen molar-refractivity contribution in [1.29, 1.82) is 0 Å². The van der Waals surface area contributed by atoms with Gasteiger partial charge < -0.3 is 20.4 Å². The average molecular weight is 487 g/mol. The summed E-state index contributed by atoms with van der Waals surface area (Å²) in [5, 5.41) is 8.45. The largest absolute Gasteiger partial charge is 0.481 e. The first kappa shape index (κ1) is 25.0. The van der Waals surface area contributed by atoms with E-state index in [2.05, 4.69) is 38.6 Å². The van der Waals surface area contributed by atoms with Crippen LogP contribution < -0.4 is 11.3 Å². The Balaban J connectivity index is 0.000000709. The summed E-state index contributed by atoms with van der Waals surface area (Å²) in [5.74, 6) is -0.833. The Hall–Kier alpha value is -4.11. The van der Waals surface area contributed by atoms with Gasteiger partial charge in [-0.1, -0.05) is 25.1 Å². The van der Waals surface area contributed by atoms with E-state index in [-0.39, 0.29) is 5.56 Å². The molecule has 0 atom stereocenters. The summed E-state index contributed by atoms with van der Waals surface area (Å²) in [7, 11) is 0. The molecule has 0 bridgehead atoms. The van der Waals surface area contributed by atoms with Crippen LogP contribution in [0.3, 0.4) is 0 Å². The molecule has 0 fully saturated rings. The summed E-state index contributed by atoms with van der Waals surface area (Å²) >= 11 is 0. The zero-order chi connectivity index (χ0) is 26.0. The summed E-state index contributed by atoms with van der Waals surface area (Å²) in [6.07, 6.45) is 3.82. The number of aliphatic carboxylic acids is 1. The first-order chi connectivity index (χ1) is 17.2. The van der Waals surface area contributed by atoms with E-state index in [1.807, 2.05) is 38.2 Å².